The molecule has 0 heterocycles. The molecule has 0 bridgehead atoms. The molecular formula is C16H20N2O3. The van der Waals surface area contributed by atoms with Crippen LogP contribution in [0.2, 0.25) is 0 Å². The third-order valence-electron chi connectivity index (χ3n) is 3.45. The molecule has 0 aliphatic heterocycles. The van der Waals surface area contributed by atoms with Gasteiger partial charge in [0.1, 0.15) is 11.2 Å². The second-order valence-electron chi connectivity index (χ2n) is 4.99. The Morgan fingerprint density at radius 2 is 1.95 bits per heavy atom. The van der Waals surface area contributed by atoms with Crippen LogP contribution in [-0.4, -0.2) is 25.0 Å². The zero-order valence-corrected chi connectivity index (χ0v) is 12.1. The molecule has 1 aromatic carbocycles. The van der Waals surface area contributed by atoms with E-state index in [1.807, 2.05) is 6.92 Å². The van der Waals surface area contributed by atoms with Gasteiger partial charge >= 0.3 is 0 Å². The van der Waals surface area contributed by atoms with Crippen LogP contribution in [0.15, 0.2) is 36.9 Å². The molecule has 0 aromatic heterocycles. The lowest BCUT2D eigenvalue weighted by Crippen LogP contribution is -2.40. The highest BCUT2D eigenvalue weighted by Crippen LogP contribution is 2.46. The highest BCUT2D eigenvalue weighted by atomic mass is 16.5. The number of carbonyl (C=O) groups is 2. The van der Waals surface area contributed by atoms with Gasteiger partial charge in [-0.05, 0) is 44.0 Å². The maximum absolute atomic E-state index is 12.3. The zero-order chi connectivity index (χ0) is 15.3. The van der Waals surface area contributed by atoms with Gasteiger partial charge in [0, 0.05) is 12.2 Å². The van der Waals surface area contributed by atoms with Crippen LogP contribution in [0.25, 0.3) is 0 Å². The predicted octanol–water partition coefficient (Wildman–Crippen LogP) is 2.11. The van der Waals surface area contributed by atoms with Crippen molar-refractivity contribution in [1.29, 1.82) is 0 Å². The molecule has 1 saturated carbocycles. The predicted molar refractivity (Wildman–Crippen MR) is 81.1 cm³/mol. The average Bonchev–Trinajstić information content (AvgIpc) is 3.29. The molecular weight excluding hydrogens is 268 g/mol. The van der Waals surface area contributed by atoms with Crippen molar-refractivity contribution in [1.82, 2.24) is 5.32 Å². The number of amides is 2. The number of hydrogen-bond acceptors (Lipinski definition) is 3. The molecule has 0 spiro atoms. The van der Waals surface area contributed by atoms with E-state index in [2.05, 4.69) is 17.2 Å². The zero-order valence-electron chi connectivity index (χ0n) is 12.1. The summed E-state index contributed by atoms with van der Waals surface area (Å²) in [7, 11) is 0. The first kappa shape index (κ1) is 15.1. The van der Waals surface area contributed by atoms with Gasteiger partial charge in [0.25, 0.3) is 0 Å². The van der Waals surface area contributed by atoms with Gasteiger partial charge in [-0.15, -0.1) is 6.58 Å². The third kappa shape index (κ3) is 3.42. The molecule has 0 radical (unpaired) electrons. The van der Waals surface area contributed by atoms with Crippen LogP contribution in [0.5, 0.6) is 5.75 Å². The molecule has 1 fully saturated rings. The highest BCUT2D eigenvalue weighted by Gasteiger charge is 2.56. The van der Waals surface area contributed by atoms with E-state index in [0.29, 0.717) is 31.7 Å². The quantitative estimate of drug-likeness (QED) is 0.596. The van der Waals surface area contributed by atoms with Crippen LogP contribution >= 0.6 is 0 Å². The van der Waals surface area contributed by atoms with E-state index in [4.69, 9.17) is 4.74 Å². The minimum atomic E-state index is -0.915. The average molecular weight is 288 g/mol. The van der Waals surface area contributed by atoms with Crippen LogP contribution < -0.4 is 15.4 Å². The number of rotatable bonds is 7. The lowest BCUT2D eigenvalue weighted by molar-refractivity contribution is -0.134. The molecule has 1 aliphatic rings. The first-order chi connectivity index (χ1) is 10.1. The smallest absolute Gasteiger partial charge is 0.240 e. The molecule has 2 amide bonds. The van der Waals surface area contributed by atoms with Gasteiger partial charge in [0.05, 0.1) is 6.61 Å². The summed E-state index contributed by atoms with van der Waals surface area (Å²) in [5, 5.41) is 5.48. The Morgan fingerprint density at radius 3 is 2.48 bits per heavy atom. The molecule has 1 aromatic rings. The summed E-state index contributed by atoms with van der Waals surface area (Å²) in [5.74, 6) is 0.263. The normalized spacial score (nSPS) is 14.9. The fourth-order valence-corrected chi connectivity index (χ4v) is 2.07. The van der Waals surface area contributed by atoms with E-state index in [9.17, 15) is 9.59 Å². The largest absolute Gasteiger partial charge is 0.494 e. The molecule has 0 unspecified atom stereocenters. The molecule has 0 atom stereocenters. The molecule has 2 N–H and O–H groups in total. The minimum Gasteiger partial charge on any atom is -0.494 e. The molecule has 2 rings (SSSR count). The van der Waals surface area contributed by atoms with E-state index in [-0.39, 0.29) is 11.8 Å². The molecule has 5 nitrogen and oxygen atoms in total. The Hall–Kier alpha value is -2.30. The Balaban J connectivity index is 1.97. The van der Waals surface area contributed by atoms with Gasteiger partial charge in [-0.25, -0.2) is 0 Å². The van der Waals surface area contributed by atoms with Crippen molar-refractivity contribution in [3.63, 3.8) is 0 Å². The topological polar surface area (TPSA) is 67.4 Å². The van der Waals surface area contributed by atoms with Crippen LogP contribution in [0.3, 0.4) is 0 Å². The maximum atomic E-state index is 12.3. The number of nitrogens with one attached hydrogen (secondary N) is 2. The van der Waals surface area contributed by atoms with Crippen molar-refractivity contribution in [3.8, 4) is 5.75 Å². The van der Waals surface area contributed by atoms with Crippen molar-refractivity contribution < 1.29 is 14.3 Å². The summed E-state index contributed by atoms with van der Waals surface area (Å²) in [6, 6.07) is 7.11. The highest BCUT2D eigenvalue weighted by molar-refractivity contribution is 6.13. The number of hydrogen-bond donors (Lipinski definition) is 2. The van der Waals surface area contributed by atoms with Crippen molar-refractivity contribution in [2.75, 3.05) is 18.5 Å². The number of benzene rings is 1. The van der Waals surface area contributed by atoms with E-state index in [1.54, 1.807) is 30.3 Å². The summed E-state index contributed by atoms with van der Waals surface area (Å²) in [6.07, 6.45) is 2.76. The lowest BCUT2D eigenvalue weighted by Gasteiger charge is -2.15. The third-order valence-corrected chi connectivity index (χ3v) is 3.45. The monoisotopic (exact) mass is 288 g/mol. The van der Waals surface area contributed by atoms with E-state index in [0.717, 1.165) is 5.75 Å². The number of carbonyl (C=O) groups excluding carboxylic acids is 2. The van der Waals surface area contributed by atoms with E-state index >= 15 is 0 Å². The Bertz CT molecular complexity index is 533. The lowest BCUT2D eigenvalue weighted by atomic mass is 10.1. The second-order valence-corrected chi connectivity index (χ2v) is 4.99. The van der Waals surface area contributed by atoms with Crippen LogP contribution in [0.1, 0.15) is 19.8 Å². The SMILES string of the molecule is C=CCNC(=O)C1(C(=O)Nc2ccc(OCC)cc2)CC1. The molecule has 112 valence electrons. The number of anilines is 1. The van der Waals surface area contributed by atoms with Crippen molar-refractivity contribution >= 4 is 17.5 Å². The van der Waals surface area contributed by atoms with Gasteiger partial charge < -0.3 is 15.4 Å². The van der Waals surface area contributed by atoms with Crippen LogP contribution in [0.4, 0.5) is 5.69 Å². The van der Waals surface area contributed by atoms with Crippen molar-refractivity contribution in [2.24, 2.45) is 5.41 Å². The van der Waals surface area contributed by atoms with Gasteiger partial charge in [0.2, 0.25) is 11.8 Å². The molecule has 5 heteroatoms. The van der Waals surface area contributed by atoms with Gasteiger partial charge in [-0.3, -0.25) is 9.59 Å². The Labute approximate surface area is 124 Å². The van der Waals surface area contributed by atoms with Crippen molar-refractivity contribution in [3.05, 3.63) is 36.9 Å². The second kappa shape index (κ2) is 6.43. The van der Waals surface area contributed by atoms with E-state index in [1.165, 1.54) is 0 Å². The Morgan fingerprint density at radius 1 is 1.29 bits per heavy atom. The first-order valence-corrected chi connectivity index (χ1v) is 7.06. The minimum absolute atomic E-state index is 0.231. The summed E-state index contributed by atoms with van der Waals surface area (Å²) in [4.78, 5) is 24.3. The summed E-state index contributed by atoms with van der Waals surface area (Å²) < 4.78 is 5.34. The van der Waals surface area contributed by atoms with Crippen LogP contribution in [0, 0.1) is 5.41 Å². The van der Waals surface area contributed by atoms with Gasteiger partial charge in [-0.2, -0.15) is 0 Å². The summed E-state index contributed by atoms with van der Waals surface area (Å²) >= 11 is 0. The molecule has 0 saturated heterocycles. The molecule has 1 aliphatic carbocycles. The van der Waals surface area contributed by atoms with E-state index < -0.39 is 5.41 Å². The summed E-state index contributed by atoms with van der Waals surface area (Å²) in [5.41, 5.74) is -0.257. The Kier molecular flexibility index (Phi) is 4.62. The van der Waals surface area contributed by atoms with Crippen molar-refractivity contribution in [2.45, 2.75) is 19.8 Å². The van der Waals surface area contributed by atoms with Gasteiger partial charge in [0.15, 0.2) is 0 Å². The number of ether oxygens (including phenoxy) is 1. The fraction of sp³-hybridized carbons (Fsp3) is 0.375. The maximum Gasteiger partial charge on any atom is 0.240 e. The fourth-order valence-electron chi connectivity index (χ4n) is 2.07. The van der Waals surface area contributed by atoms with Gasteiger partial charge in [-0.1, -0.05) is 6.08 Å². The molecule has 21 heavy (non-hydrogen) atoms. The first-order valence-electron chi connectivity index (χ1n) is 7.06. The summed E-state index contributed by atoms with van der Waals surface area (Å²) in [6.45, 7) is 6.42. The van der Waals surface area contributed by atoms with Crippen LogP contribution in [-0.2, 0) is 9.59 Å². The standard InChI is InChI=1S/C16H20N2O3/c1-3-11-17-14(19)16(9-10-16)15(20)18-12-5-7-13(8-6-12)21-4-2/h3,5-8H,1,4,9-11H2,2H3,(H,17,19)(H,18,20).